The van der Waals surface area contributed by atoms with Gasteiger partial charge in [0, 0.05) is 0 Å². The Hall–Kier alpha value is 0.00623. The summed E-state index contributed by atoms with van der Waals surface area (Å²) in [4.78, 5) is 0. The molecule has 0 nitrogen and oxygen atoms in total. The monoisotopic (exact) mass is 592 g/mol. The molecule has 4 heteroatoms. The van der Waals surface area contributed by atoms with Gasteiger partial charge in [-0.05, 0) is 0 Å². The molecule has 156 valence electrons. The molecule has 0 fully saturated rings. The predicted octanol–water partition coefficient (Wildman–Crippen LogP) is 1.81. The van der Waals surface area contributed by atoms with Gasteiger partial charge in [0.05, 0.1) is 0 Å². The minimum atomic E-state index is 0. The van der Waals surface area contributed by atoms with Crippen LogP contribution in [0.4, 0.5) is 0 Å². The normalized spacial score (nSPS) is 9.40. The first kappa shape index (κ1) is 32.2. The molecule has 0 aliphatic carbocycles. The molecule has 0 spiro atoms. The first-order chi connectivity index (χ1) is 12.8. The second kappa shape index (κ2) is 17.5. The van der Waals surface area contributed by atoms with Crippen LogP contribution < -0.4 is 24.8 Å². The Bertz CT molecular complexity index is 862. The van der Waals surface area contributed by atoms with Gasteiger partial charge in [-0.2, -0.15) is 11.1 Å². The van der Waals surface area contributed by atoms with E-state index in [9.17, 15) is 0 Å². The fourth-order valence-electron chi connectivity index (χ4n) is 3.60. The Balaban J connectivity index is 0. The SMILES string of the molecule is CCCCc1c[cH-]c2ccccc12.CCCCc1c[cH-]c2ccccc12.[Cl-].[Cl-].[Zr+2].[Zr+2]. The summed E-state index contributed by atoms with van der Waals surface area (Å²) in [6, 6.07) is 26.2. The Morgan fingerprint density at radius 1 is 0.600 bits per heavy atom. The van der Waals surface area contributed by atoms with Gasteiger partial charge >= 0.3 is 52.4 Å². The van der Waals surface area contributed by atoms with Crippen LogP contribution in [0.2, 0.25) is 0 Å². The molecule has 4 aromatic rings. The minimum absolute atomic E-state index is 0. The van der Waals surface area contributed by atoms with Crippen LogP contribution in [-0.2, 0) is 65.2 Å². The van der Waals surface area contributed by atoms with E-state index in [1.807, 2.05) is 0 Å². The van der Waals surface area contributed by atoms with Crippen LogP contribution in [0.5, 0.6) is 0 Å². The van der Waals surface area contributed by atoms with Crippen molar-refractivity contribution in [3.05, 3.63) is 83.9 Å². The van der Waals surface area contributed by atoms with Crippen molar-refractivity contribution >= 4 is 21.5 Å². The standard InChI is InChI=1S/2C13H15.2ClH.2Zr/c2*1-2-3-6-11-9-10-12-7-4-5-8-13(11)12;;;;/h2*4-5,7-10H,2-3,6H2,1H3;2*1H;;/q2*-1;;;2*+2/p-2. The van der Waals surface area contributed by atoms with Crippen molar-refractivity contribution in [1.29, 1.82) is 0 Å². The molecule has 4 rings (SSSR count). The molecule has 0 saturated carbocycles. The molecule has 0 atom stereocenters. The Kier molecular flexibility index (Phi) is 18.8. The van der Waals surface area contributed by atoms with Gasteiger partial charge in [0.2, 0.25) is 0 Å². The number of hydrogen-bond donors (Lipinski definition) is 0. The van der Waals surface area contributed by atoms with E-state index in [1.54, 1.807) is 0 Å². The molecule has 0 unspecified atom stereocenters. The Labute approximate surface area is 233 Å². The van der Waals surface area contributed by atoms with Crippen molar-refractivity contribution in [1.82, 2.24) is 0 Å². The Morgan fingerprint density at radius 3 is 1.33 bits per heavy atom. The van der Waals surface area contributed by atoms with Gasteiger partial charge in [-0.15, -0.1) is 82.2 Å². The zero-order valence-electron chi connectivity index (χ0n) is 17.9. The summed E-state index contributed by atoms with van der Waals surface area (Å²) in [7, 11) is 0. The van der Waals surface area contributed by atoms with Crippen molar-refractivity contribution in [2.45, 2.75) is 52.4 Å². The molecule has 0 aromatic heterocycles. The third kappa shape index (κ3) is 8.86. The number of aryl methyl sites for hydroxylation is 2. The molecule has 0 saturated heterocycles. The number of fused-ring (bicyclic) bond motifs is 2. The van der Waals surface area contributed by atoms with Crippen LogP contribution in [0.15, 0.2) is 72.8 Å². The van der Waals surface area contributed by atoms with E-state index >= 15 is 0 Å². The smallest absolute Gasteiger partial charge is 1.00 e. The van der Waals surface area contributed by atoms with Crippen molar-refractivity contribution < 1.29 is 77.2 Å². The summed E-state index contributed by atoms with van der Waals surface area (Å²) >= 11 is 0. The largest absolute Gasteiger partial charge is 2.00 e. The minimum Gasteiger partial charge on any atom is -1.00 e. The van der Waals surface area contributed by atoms with Crippen LogP contribution in [0, 0.1) is 0 Å². The van der Waals surface area contributed by atoms with Crippen molar-refractivity contribution in [2.24, 2.45) is 0 Å². The molecule has 0 bridgehead atoms. The van der Waals surface area contributed by atoms with Crippen LogP contribution in [0.3, 0.4) is 0 Å². The van der Waals surface area contributed by atoms with Gasteiger partial charge in [-0.3, -0.25) is 0 Å². The van der Waals surface area contributed by atoms with Crippen LogP contribution in [0.1, 0.15) is 50.7 Å². The maximum absolute atomic E-state index is 2.26. The van der Waals surface area contributed by atoms with Gasteiger partial charge in [0.1, 0.15) is 0 Å². The molecule has 0 radical (unpaired) electrons. The molecule has 30 heavy (non-hydrogen) atoms. The van der Waals surface area contributed by atoms with E-state index in [1.165, 1.54) is 71.2 Å². The number of rotatable bonds is 6. The summed E-state index contributed by atoms with van der Waals surface area (Å²) in [6.07, 6.45) is 7.61. The van der Waals surface area contributed by atoms with E-state index in [-0.39, 0.29) is 77.2 Å². The van der Waals surface area contributed by atoms with E-state index in [2.05, 4.69) is 86.6 Å². The van der Waals surface area contributed by atoms with Crippen LogP contribution >= 0.6 is 0 Å². The number of halogens is 2. The number of hydrogen-bond acceptors (Lipinski definition) is 0. The number of unbranched alkanes of at least 4 members (excludes halogenated alkanes) is 2. The van der Waals surface area contributed by atoms with Crippen LogP contribution in [0.25, 0.3) is 21.5 Å². The topological polar surface area (TPSA) is 0 Å². The van der Waals surface area contributed by atoms with Gasteiger partial charge < -0.3 is 24.8 Å². The maximum atomic E-state index is 2.26. The average molecular weight is 596 g/mol. The molecular formula is C26H30Cl2Zr2. The molecule has 0 heterocycles. The van der Waals surface area contributed by atoms with Gasteiger partial charge in [-0.25, -0.2) is 0 Å². The van der Waals surface area contributed by atoms with E-state index in [0.29, 0.717) is 0 Å². The molecular weight excluding hydrogens is 566 g/mol. The summed E-state index contributed by atoms with van der Waals surface area (Å²) in [5.74, 6) is 0. The Morgan fingerprint density at radius 2 is 0.967 bits per heavy atom. The van der Waals surface area contributed by atoms with E-state index in [0.717, 1.165) is 0 Å². The predicted molar refractivity (Wildman–Crippen MR) is 116 cm³/mol. The summed E-state index contributed by atoms with van der Waals surface area (Å²) in [5.41, 5.74) is 3.02. The second-order valence-corrected chi connectivity index (χ2v) is 7.10. The third-order valence-electron chi connectivity index (χ3n) is 5.14. The fourth-order valence-corrected chi connectivity index (χ4v) is 3.60. The first-order valence-corrected chi connectivity index (χ1v) is 10.1. The average Bonchev–Trinajstić information content (AvgIpc) is 3.29. The maximum Gasteiger partial charge on any atom is 2.00 e. The molecule has 0 aliphatic heterocycles. The zero-order valence-corrected chi connectivity index (χ0v) is 24.4. The summed E-state index contributed by atoms with van der Waals surface area (Å²) in [5, 5.41) is 5.65. The summed E-state index contributed by atoms with van der Waals surface area (Å²) in [6.45, 7) is 4.48. The quantitative estimate of drug-likeness (QED) is 0.299. The van der Waals surface area contributed by atoms with E-state index < -0.39 is 0 Å². The third-order valence-corrected chi connectivity index (χ3v) is 5.14. The van der Waals surface area contributed by atoms with Gasteiger partial charge in [0.25, 0.3) is 0 Å². The second-order valence-electron chi connectivity index (χ2n) is 7.10. The van der Waals surface area contributed by atoms with Gasteiger partial charge in [-0.1, -0.05) is 64.5 Å². The van der Waals surface area contributed by atoms with Crippen LogP contribution in [-0.4, -0.2) is 0 Å². The van der Waals surface area contributed by atoms with Crippen molar-refractivity contribution in [3.63, 3.8) is 0 Å². The number of benzene rings is 2. The summed E-state index contributed by atoms with van der Waals surface area (Å²) < 4.78 is 0. The van der Waals surface area contributed by atoms with E-state index in [4.69, 9.17) is 0 Å². The first-order valence-electron chi connectivity index (χ1n) is 10.1. The van der Waals surface area contributed by atoms with Crippen molar-refractivity contribution in [3.8, 4) is 0 Å². The molecule has 4 aromatic carbocycles. The molecule has 0 amide bonds. The fraction of sp³-hybridized carbons (Fsp3) is 0.308. The van der Waals surface area contributed by atoms with Gasteiger partial charge in [0.15, 0.2) is 0 Å². The zero-order chi connectivity index (χ0) is 18.2. The molecule has 0 N–H and O–H groups in total. The molecule has 0 aliphatic rings. The van der Waals surface area contributed by atoms with Crippen molar-refractivity contribution in [2.75, 3.05) is 0 Å².